The molecule has 0 rings (SSSR count). The first kappa shape index (κ1) is 22.4. The smallest absolute Gasteiger partial charge is 0.0146 e. The lowest BCUT2D eigenvalue weighted by atomic mass is 10.1. The van der Waals surface area contributed by atoms with Crippen LogP contribution in [0.2, 0.25) is 0 Å². The van der Waals surface area contributed by atoms with Gasteiger partial charge in [0.1, 0.15) is 0 Å². The van der Waals surface area contributed by atoms with Crippen LogP contribution in [0.3, 0.4) is 0 Å². The van der Waals surface area contributed by atoms with Crippen molar-refractivity contribution in [2.24, 2.45) is 5.92 Å². The number of rotatable bonds is 15. The van der Waals surface area contributed by atoms with Crippen LogP contribution in [-0.4, -0.2) is 57.0 Å². The molecule has 7 heteroatoms. The summed E-state index contributed by atoms with van der Waals surface area (Å²) in [7, 11) is 0. The molecule has 20 heavy (non-hydrogen) atoms. The Morgan fingerprint density at radius 2 is 1.30 bits per heavy atom. The highest BCUT2D eigenvalue weighted by molar-refractivity contribution is 8.03. The van der Waals surface area contributed by atoms with Gasteiger partial charge in [-0.15, -0.1) is 0 Å². The maximum atomic E-state index is 4.39. The fraction of sp³-hybridized carbons (Fsp3) is 1.00. The second kappa shape index (κ2) is 17.8. The number of hydrogen-bond acceptors (Lipinski definition) is 7. The Labute approximate surface area is 160 Å². The second-order valence-corrected chi connectivity index (χ2v) is 9.86. The van der Waals surface area contributed by atoms with Gasteiger partial charge >= 0.3 is 0 Å². The van der Waals surface area contributed by atoms with E-state index in [-0.39, 0.29) is 0 Å². The molecule has 0 bridgehead atoms. The Bertz CT molecular complexity index is 192. The molecule has 0 N–H and O–H groups in total. The lowest BCUT2D eigenvalue weighted by Crippen LogP contribution is -2.13. The third-order valence-corrected chi connectivity index (χ3v) is 8.32. The van der Waals surface area contributed by atoms with Crippen molar-refractivity contribution in [1.29, 1.82) is 0 Å². The zero-order chi connectivity index (χ0) is 15.1. The molecule has 0 saturated carbocycles. The predicted octanol–water partition coefficient (Wildman–Crippen LogP) is 4.67. The van der Waals surface area contributed by atoms with E-state index in [2.05, 4.69) is 74.0 Å². The van der Waals surface area contributed by atoms with Gasteiger partial charge < -0.3 is 0 Å². The lowest BCUT2D eigenvalue weighted by Gasteiger charge is -2.18. The third kappa shape index (κ3) is 14.1. The van der Waals surface area contributed by atoms with Gasteiger partial charge in [0, 0.05) is 22.5 Å². The van der Waals surface area contributed by atoms with Crippen LogP contribution in [0.1, 0.15) is 12.8 Å². The molecule has 0 aromatic heterocycles. The van der Waals surface area contributed by atoms with E-state index >= 15 is 0 Å². The predicted molar refractivity (Wildman–Crippen MR) is 119 cm³/mol. The van der Waals surface area contributed by atoms with Crippen LogP contribution in [0.25, 0.3) is 0 Å². The number of thiol groups is 4. The summed E-state index contributed by atoms with van der Waals surface area (Å²) in [6, 6.07) is 0. The van der Waals surface area contributed by atoms with Crippen molar-refractivity contribution in [2.75, 3.05) is 51.8 Å². The molecule has 0 radical (unpaired) electrons. The second-order valence-electron chi connectivity index (χ2n) is 4.44. The summed E-state index contributed by atoms with van der Waals surface area (Å²) in [5.41, 5.74) is 0. The first-order chi connectivity index (χ1) is 9.78. The molecule has 0 nitrogen and oxygen atoms in total. The van der Waals surface area contributed by atoms with Gasteiger partial charge in [-0.2, -0.15) is 85.8 Å². The van der Waals surface area contributed by atoms with Crippen LogP contribution in [-0.2, 0) is 0 Å². The van der Waals surface area contributed by atoms with Gasteiger partial charge in [0.05, 0.1) is 0 Å². The maximum absolute atomic E-state index is 4.39. The molecule has 2 unspecified atom stereocenters. The van der Waals surface area contributed by atoms with Gasteiger partial charge in [-0.1, -0.05) is 0 Å². The van der Waals surface area contributed by atoms with E-state index < -0.39 is 0 Å². The first-order valence-corrected chi connectivity index (χ1v) is 12.9. The zero-order valence-corrected chi connectivity index (χ0v) is 18.0. The minimum absolute atomic E-state index is 0.742. The number of hydrogen-bond donors (Lipinski definition) is 4. The van der Waals surface area contributed by atoms with Crippen LogP contribution in [0.15, 0.2) is 0 Å². The Kier molecular flexibility index (Phi) is 20.0. The average molecular weight is 409 g/mol. The number of thioether (sulfide) groups is 3. The third-order valence-electron chi connectivity index (χ3n) is 2.68. The van der Waals surface area contributed by atoms with Crippen LogP contribution in [0, 0.1) is 5.92 Å². The van der Waals surface area contributed by atoms with Crippen LogP contribution >= 0.6 is 85.8 Å². The Morgan fingerprint density at radius 1 is 0.650 bits per heavy atom. The first-order valence-electron chi connectivity index (χ1n) is 6.99. The van der Waals surface area contributed by atoms with E-state index in [0.29, 0.717) is 0 Å². The largest absolute Gasteiger partial charge is 0.179 e. The standard InChI is InChI=1S/C13H28S7/c14-3-1-12(9-18-7-5-16)10-19-11-13(2-4-15)20-8-6-17/h12-17H,1-11H2. The van der Waals surface area contributed by atoms with Gasteiger partial charge in [-0.25, -0.2) is 0 Å². The molecule has 0 heterocycles. The Balaban J connectivity index is 3.85. The van der Waals surface area contributed by atoms with Gasteiger partial charge in [-0.3, -0.25) is 0 Å². The quantitative estimate of drug-likeness (QED) is 0.230. The van der Waals surface area contributed by atoms with Crippen molar-refractivity contribution in [2.45, 2.75) is 18.1 Å². The van der Waals surface area contributed by atoms with Gasteiger partial charge in [-0.05, 0) is 53.3 Å². The van der Waals surface area contributed by atoms with Gasteiger partial charge in [0.2, 0.25) is 0 Å². The van der Waals surface area contributed by atoms with E-state index in [1.54, 1.807) is 0 Å². The molecule has 0 aliphatic carbocycles. The Morgan fingerprint density at radius 3 is 1.90 bits per heavy atom. The minimum Gasteiger partial charge on any atom is -0.179 e. The van der Waals surface area contributed by atoms with Crippen molar-refractivity contribution >= 4 is 85.8 Å². The summed E-state index contributed by atoms with van der Waals surface area (Å²) in [4.78, 5) is 0. The van der Waals surface area contributed by atoms with Crippen molar-refractivity contribution in [3.63, 3.8) is 0 Å². The summed E-state index contributed by atoms with van der Waals surface area (Å²) in [6.07, 6.45) is 2.44. The van der Waals surface area contributed by atoms with Crippen molar-refractivity contribution in [3.05, 3.63) is 0 Å². The van der Waals surface area contributed by atoms with E-state index in [4.69, 9.17) is 0 Å². The maximum Gasteiger partial charge on any atom is 0.0146 e. The van der Waals surface area contributed by atoms with E-state index in [1.807, 2.05) is 11.8 Å². The lowest BCUT2D eigenvalue weighted by molar-refractivity contribution is 0.655. The molecule has 0 saturated heterocycles. The average Bonchev–Trinajstić information content (AvgIpc) is 2.45. The monoisotopic (exact) mass is 408 g/mol. The molecular weight excluding hydrogens is 381 g/mol. The van der Waals surface area contributed by atoms with Crippen molar-refractivity contribution < 1.29 is 0 Å². The van der Waals surface area contributed by atoms with Gasteiger partial charge in [0.25, 0.3) is 0 Å². The summed E-state index contributed by atoms with van der Waals surface area (Å²) in [5, 5.41) is 0.742. The summed E-state index contributed by atoms with van der Waals surface area (Å²) >= 11 is 23.5. The van der Waals surface area contributed by atoms with Crippen LogP contribution < -0.4 is 0 Å². The summed E-state index contributed by atoms with van der Waals surface area (Å²) < 4.78 is 0. The fourth-order valence-electron chi connectivity index (χ4n) is 1.66. The molecule has 0 aliphatic rings. The normalized spacial score (nSPS) is 14.4. The molecule has 2 atom stereocenters. The minimum atomic E-state index is 0.742. The molecule has 0 aliphatic heterocycles. The topological polar surface area (TPSA) is 0 Å². The van der Waals surface area contributed by atoms with Crippen LogP contribution in [0.5, 0.6) is 0 Å². The molecule has 122 valence electrons. The van der Waals surface area contributed by atoms with E-state index in [1.165, 1.54) is 30.1 Å². The van der Waals surface area contributed by atoms with Crippen LogP contribution in [0.4, 0.5) is 0 Å². The van der Waals surface area contributed by atoms with Crippen molar-refractivity contribution in [3.8, 4) is 0 Å². The van der Waals surface area contributed by atoms with E-state index in [9.17, 15) is 0 Å². The molecule has 0 aromatic rings. The molecular formula is C13H28S7. The highest BCUT2D eigenvalue weighted by atomic mass is 32.2. The summed E-state index contributed by atoms with van der Waals surface area (Å²) in [6.45, 7) is 0. The van der Waals surface area contributed by atoms with E-state index in [0.717, 1.165) is 45.7 Å². The molecule has 0 aromatic carbocycles. The zero-order valence-electron chi connectivity index (χ0n) is 11.9. The summed E-state index contributed by atoms with van der Waals surface area (Å²) in [5.74, 6) is 10.8. The Hall–Kier alpha value is 2.45. The SMILES string of the molecule is SCCSCC(CCS)CSCC(CCS)SCCS. The fourth-order valence-corrected chi connectivity index (χ4v) is 6.85. The molecule has 0 fully saturated rings. The van der Waals surface area contributed by atoms with Crippen molar-refractivity contribution in [1.82, 2.24) is 0 Å². The highest BCUT2D eigenvalue weighted by Gasteiger charge is 2.12. The molecule has 0 amide bonds. The highest BCUT2D eigenvalue weighted by Crippen LogP contribution is 2.24. The molecule has 0 spiro atoms. The van der Waals surface area contributed by atoms with Gasteiger partial charge in [0.15, 0.2) is 0 Å².